The van der Waals surface area contributed by atoms with Gasteiger partial charge in [-0.3, -0.25) is 4.79 Å². The van der Waals surface area contributed by atoms with E-state index in [4.69, 9.17) is 4.74 Å². The largest absolute Gasteiger partial charge is 0.457 e. The number of nitrogens with zero attached hydrogens (tertiary/aromatic N) is 1. The number of rotatable bonds is 6. The Morgan fingerprint density at radius 1 is 1.00 bits per heavy atom. The Morgan fingerprint density at radius 2 is 1.59 bits per heavy atom. The molecule has 0 unspecified atom stereocenters. The van der Waals surface area contributed by atoms with Gasteiger partial charge in [0.05, 0.1) is 6.26 Å². The van der Waals surface area contributed by atoms with Crippen molar-refractivity contribution in [3.8, 4) is 11.5 Å². The highest BCUT2D eigenvalue weighted by atomic mass is 32.2. The molecule has 0 bridgehead atoms. The predicted octanol–water partition coefficient (Wildman–Crippen LogP) is 3.62. The molecule has 0 spiro atoms. The highest BCUT2D eigenvalue weighted by molar-refractivity contribution is 7.88. The number of halogens is 1. The summed E-state index contributed by atoms with van der Waals surface area (Å²) >= 11 is 0. The Bertz CT molecular complexity index is 1210. The molecule has 8 heteroatoms. The third kappa shape index (κ3) is 5.15. The number of ether oxygens (including phenoxy) is 1. The fourth-order valence-corrected chi connectivity index (χ4v) is 4.70. The molecule has 3 aromatic carbocycles. The van der Waals surface area contributed by atoms with Crippen LogP contribution in [0.4, 0.5) is 4.39 Å². The Hall–Kier alpha value is -3.23. The average Bonchev–Trinajstić information content (AvgIpc) is 2.78. The second kappa shape index (κ2) is 9.10. The Morgan fingerprint density at radius 3 is 2.22 bits per heavy atom. The molecule has 3 aromatic rings. The molecule has 1 heterocycles. The maximum atomic E-state index is 13.0. The van der Waals surface area contributed by atoms with Gasteiger partial charge in [-0.2, -0.15) is 4.31 Å². The molecule has 32 heavy (non-hydrogen) atoms. The lowest BCUT2D eigenvalue weighted by Crippen LogP contribution is -2.52. The molecule has 1 aliphatic heterocycles. The smallest absolute Gasteiger partial charge is 0.239 e. The van der Waals surface area contributed by atoms with Crippen molar-refractivity contribution in [3.63, 3.8) is 0 Å². The van der Waals surface area contributed by atoms with E-state index in [1.807, 2.05) is 36.4 Å². The zero-order valence-corrected chi connectivity index (χ0v) is 18.3. The van der Waals surface area contributed by atoms with Crippen molar-refractivity contribution in [2.24, 2.45) is 0 Å². The van der Waals surface area contributed by atoms with Gasteiger partial charge in [0.2, 0.25) is 15.9 Å². The molecule has 6 nitrogen and oxygen atoms in total. The lowest BCUT2D eigenvalue weighted by molar-refractivity contribution is -0.125. The first-order valence-electron chi connectivity index (χ1n) is 10.1. The number of carbonyl (C=O) groups excluding carboxylic acids is 1. The van der Waals surface area contributed by atoms with E-state index in [9.17, 15) is 17.6 Å². The summed E-state index contributed by atoms with van der Waals surface area (Å²) in [5.74, 6) is 0.431. The zero-order chi connectivity index (χ0) is 22.7. The van der Waals surface area contributed by atoms with E-state index >= 15 is 0 Å². The number of amides is 1. The van der Waals surface area contributed by atoms with E-state index in [0.29, 0.717) is 17.9 Å². The van der Waals surface area contributed by atoms with Crippen LogP contribution in [0, 0.1) is 5.82 Å². The highest BCUT2D eigenvalue weighted by Gasteiger charge is 2.36. The van der Waals surface area contributed by atoms with E-state index in [-0.39, 0.29) is 24.8 Å². The minimum Gasteiger partial charge on any atom is -0.457 e. The maximum absolute atomic E-state index is 13.0. The predicted molar refractivity (Wildman–Crippen MR) is 119 cm³/mol. The third-order valence-corrected chi connectivity index (χ3v) is 6.61. The van der Waals surface area contributed by atoms with E-state index in [1.54, 1.807) is 24.3 Å². The van der Waals surface area contributed by atoms with Crippen LogP contribution in [-0.2, 0) is 34.3 Å². The van der Waals surface area contributed by atoms with Gasteiger partial charge in [0.15, 0.2) is 0 Å². The molecule has 1 N–H and O–H groups in total. The number of sulfonamides is 1. The molecule has 1 aliphatic rings. The number of nitrogens with one attached hydrogen (secondary N) is 1. The monoisotopic (exact) mass is 454 g/mol. The fourth-order valence-electron chi connectivity index (χ4n) is 3.69. The van der Waals surface area contributed by atoms with Crippen LogP contribution in [0.2, 0.25) is 0 Å². The average molecular weight is 455 g/mol. The summed E-state index contributed by atoms with van der Waals surface area (Å²) in [5.41, 5.74) is 2.74. The summed E-state index contributed by atoms with van der Waals surface area (Å²) in [7, 11) is -3.55. The number of hydrogen-bond donors (Lipinski definition) is 1. The molecule has 0 radical (unpaired) electrons. The molecular weight excluding hydrogens is 431 g/mol. The van der Waals surface area contributed by atoms with Crippen molar-refractivity contribution in [1.29, 1.82) is 0 Å². The summed E-state index contributed by atoms with van der Waals surface area (Å²) in [4.78, 5) is 12.9. The van der Waals surface area contributed by atoms with Gasteiger partial charge in [0.1, 0.15) is 23.4 Å². The van der Waals surface area contributed by atoms with Gasteiger partial charge in [-0.15, -0.1) is 0 Å². The van der Waals surface area contributed by atoms with Crippen LogP contribution >= 0.6 is 0 Å². The zero-order valence-electron chi connectivity index (χ0n) is 17.5. The Balaban J connectivity index is 1.40. The maximum Gasteiger partial charge on any atom is 0.239 e. The molecule has 0 aromatic heterocycles. The first-order chi connectivity index (χ1) is 15.3. The lowest BCUT2D eigenvalue weighted by Gasteiger charge is -2.34. The molecule has 0 aliphatic carbocycles. The normalized spacial score (nSPS) is 16.2. The van der Waals surface area contributed by atoms with Crippen LogP contribution < -0.4 is 10.1 Å². The van der Waals surface area contributed by atoms with Gasteiger partial charge in [0, 0.05) is 13.1 Å². The number of fused-ring (bicyclic) bond motifs is 1. The topological polar surface area (TPSA) is 75.7 Å². The van der Waals surface area contributed by atoms with Crippen molar-refractivity contribution < 1.29 is 22.3 Å². The number of carbonyl (C=O) groups is 1. The van der Waals surface area contributed by atoms with Gasteiger partial charge in [-0.25, -0.2) is 12.8 Å². The number of benzene rings is 3. The van der Waals surface area contributed by atoms with Crippen LogP contribution in [0.25, 0.3) is 0 Å². The van der Waals surface area contributed by atoms with Crippen LogP contribution in [0.3, 0.4) is 0 Å². The standard InChI is InChI=1S/C24H23FN2O4S/c1-32(29,30)27-16-19-5-3-2-4-18(19)14-23(27)24(28)26-15-17-6-10-21(11-7-17)31-22-12-8-20(25)9-13-22/h2-13,23H,14-16H2,1H3,(H,26,28)/t23-/m1/s1. The van der Waals surface area contributed by atoms with Gasteiger partial charge in [-0.05, 0) is 59.5 Å². The Kier molecular flexibility index (Phi) is 6.25. The first-order valence-corrected chi connectivity index (χ1v) is 12.0. The second-order valence-corrected chi connectivity index (χ2v) is 9.65. The highest BCUT2D eigenvalue weighted by Crippen LogP contribution is 2.26. The summed E-state index contributed by atoms with van der Waals surface area (Å²) in [5, 5.41) is 2.85. The Labute approximate surface area is 186 Å². The minimum atomic E-state index is -3.55. The molecule has 1 atom stereocenters. The van der Waals surface area contributed by atoms with Crippen molar-refractivity contribution >= 4 is 15.9 Å². The van der Waals surface area contributed by atoms with Crippen LogP contribution in [0.15, 0.2) is 72.8 Å². The van der Waals surface area contributed by atoms with Crippen molar-refractivity contribution in [2.45, 2.75) is 25.6 Å². The van der Waals surface area contributed by atoms with Gasteiger partial charge >= 0.3 is 0 Å². The molecule has 0 saturated carbocycles. The van der Waals surface area contributed by atoms with Crippen molar-refractivity contribution in [1.82, 2.24) is 9.62 Å². The molecule has 1 amide bonds. The van der Waals surface area contributed by atoms with Gasteiger partial charge < -0.3 is 10.1 Å². The summed E-state index contributed by atoms with van der Waals surface area (Å²) < 4.78 is 44.5. The van der Waals surface area contributed by atoms with Crippen LogP contribution in [0.1, 0.15) is 16.7 Å². The van der Waals surface area contributed by atoms with Gasteiger partial charge in [-0.1, -0.05) is 36.4 Å². The van der Waals surface area contributed by atoms with Gasteiger partial charge in [0.25, 0.3) is 0 Å². The van der Waals surface area contributed by atoms with Crippen LogP contribution in [-0.4, -0.2) is 30.9 Å². The molecule has 4 rings (SSSR count). The van der Waals surface area contributed by atoms with E-state index in [0.717, 1.165) is 22.9 Å². The summed E-state index contributed by atoms with van der Waals surface area (Å²) in [6, 6.07) is 19.6. The molecule has 166 valence electrons. The van der Waals surface area contributed by atoms with E-state index < -0.39 is 16.1 Å². The lowest BCUT2D eigenvalue weighted by atomic mass is 9.95. The summed E-state index contributed by atoms with van der Waals surface area (Å²) in [6.07, 6.45) is 1.46. The number of hydrogen-bond acceptors (Lipinski definition) is 4. The van der Waals surface area contributed by atoms with Crippen molar-refractivity contribution in [3.05, 3.63) is 95.3 Å². The third-order valence-electron chi connectivity index (χ3n) is 5.37. The quantitative estimate of drug-likeness (QED) is 0.617. The SMILES string of the molecule is CS(=O)(=O)N1Cc2ccccc2C[C@@H]1C(=O)NCc1ccc(Oc2ccc(F)cc2)cc1. The first kappa shape index (κ1) is 22.0. The summed E-state index contributed by atoms with van der Waals surface area (Å²) in [6.45, 7) is 0.438. The molecule has 0 saturated heterocycles. The van der Waals surface area contributed by atoms with E-state index in [1.165, 1.54) is 16.4 Å². The second-order valence-electron chi connectivity index (χ2n) is 7.71. The van der Waals surface area contributed by atoms with Crippen LogP contribution in [0.5, 0.6) is 11.5 Å². The fraction of sp³-hybridized carbons (Fsp3) is 0.208. The minimum absolute atomic E-state index is 0.183. The molecule has 0 fully saturated rings. The van der Waals surface area contributed by atoms with Crippen molar-refractivity contribution in [2.75, 3.05) is 6.26 Å². The van der Waals surface area contributed by atoms with E-state index in [2.05, 4.69) is 5.32 Å². The molecular formula is C24H23FN2O4S.